The molecule has 0 fully saturated rings. The molecule has 0 saturated heterocycles. The largest absolute Gasteiger partial charge is 0.493 e. The highest BCUT2D eigenvalue weighted by Crippen LogP contribution is 2.41. The molecule has 1 heterocycles. The predicted octanol–water partition coefficient (Wildman–Crippen LogP) is 8.57. The first-order valence-electron chi connectivity index (χ1n) is 20.2. The third-order valence-electron chi connectivity index (χ3n) is 9.94. The molecule has 1 aliphatic rings. The number of carboxylic acid groups (broad SMARTS) is 1. The molecule has 65 heavy (non-hydrogen) atoms. The lowest BCUT2D eigenvalue weighted by atomic mass is 9.92. The average Bonchev–Trinajstić information content (AvgIpc) is 3.35. The van der Waals surface area contributed by atoms with Crippen LogP contribution < -0.4 is 58.0 Å². The number of fused-ring (bicyclic) bond motifs is 1. The number of methoxy groups -OCH3 is 9. The maximum Gasteiger partial charge on any atom is 0.328 e. The molecule has 15 heteroatoms. The van der Waals surface area contributed by atoms with Gasteiger partial charge in [0.05, 0.1) is 75.7 Å². The van der Waals surface area contributed by atoms with Gasteiger partial charge >= 0.3 is 5.97 Å². The SMILES string of the molecule is CNc1cc2c(cc1OCc1ccccc1)CCNC2/C=C/c1cc(OC)c(OC)c(OC)c1.COc1cc(/C=C/C(=O)O)cc(OC)c1OC.COc1cc(C=O)cc(OC)c1OC. The minimum atomic E-state index is -1.02. The van der Waals surface area contributed by atoms with Crippen LogP contribution in [0.2, 0.25) is 0 Å². The zero-order valence-electron chi connectivity index (χ0n) is 38.4. The van der Waals surface area contributed by atoms with Gasteiger partial charge in [0.15, 0.2) is 34.5 Å². The van der Waals surface area contributed by atoms with Crippen LogP contribution in [-0.2, 0) is 17.8 Å². The van der Waals surface area contributed by atoms with E-state index >= 15 is 0 Å². The van der Waals surface area contributed by atoms with Crippen LogP contribution in [0.3, 0.4) is 0 Å². The van der Waals surface area contributed by atoms with Crippen LogP contribution in [0.5, 0.6) is 57.5 Å². The lowest BCUT2D eigenvalue weighted by Gasteiger charge is -2.27. The minimum Gasteiger partial charge on any atom is -0.493 e. The van der Waals surface area contributed by atoms with Crippen LogP contribution in [0.25, 0.3) is 12.2 Å². The standard InChI is InChI=1S/C28H32N2O4.C12H14O5.C10H12O4/c1-29-24-17-22-21(16-25(24)34-18-19-8-6-5-7-9-19)12-13-30-23(22)11-10-20-14-26(31-2)28(33-4)27(15-20)32-3;1-15-9-6-8(4-5-11(13)14)7-10(16-2)12(9)17-3;1-12-8-4-7(6-11)5-9(13-2)10(8)14-3/h5-11,14-17,23,29-30H,12-13,18H2,1-4H3;4-7H,1-3H3,(H,13,14);4-6H,1-3H3/b11-10+;5-4+;. The monoisotopic (exact) mass is 894 g/mol. The van der Waals surface area contributed by atoms with Crippen molar-refractivity contribution in [2.24, 2.45) is 0 Å². The minimum absolute atomic E-state index is 0.0816. The topological polar surface area (TPSA) is 171 Å². The molecule has 1 unspecified atom stereocenters. The number of aldehydes is 1. The molecule has 0 saturated carbocycles. The van der Waals surface area contributed by atoms with Gasteiger partial charge in [0.2, 0.25) is 17.2 Å². The molecule has 6 rings (SSSR count). The zero-order chi connectivity index (χ0) is 47.3. The van der Waals surface area contributed by atoms with Gasteiger partial charge in [-0.1, -0.05) is 42.5 Å². The first-order valence-corrected chi connectivity index (χ1v) is 20.2. The number of carbonyl (C=O) groups is 2. The second kappa shape index (κ2) is 25.6. The summed E-state index contributed by atoms with van der Waals surface area (Å²) < 4.78 is 53.2. The van der Waals surface area contributed by atoms with Crippen molar-refractivity contribution in [1.82, 2.24) is 5.32 Å². The van der Waals surface area contributed by atoms with Crippen molar-refractivity contribution in [2.45, 2.75) is 19.1 Å². The highest BCUT2D eigenvalue weighted by atomic mass is 16.5. The third kappa shape index (κ3) is 13.5. The number of carboxylic acids is 1. The van der Waals surface area contributed by atoms with Crippen molar-refractivity contribution in [2.75, 3.05) is 82.9 Å². The fourth-order valence-corrected chi connectivity index (χ4v) is 6.78. The summed E-state index contributed by atoms with van der Waals surface area (Å²) in [5.41, 5.74) is 6.77. The Kier molecular flexibility index (Phi) is 19.7. The highest BCUT2D eigenvalue weighted by Gasteiger charge is 2.21. The number of aliphatic carboxylic acids is 1. The summed E-state index contributed by atoms with van der Waals surface area (Å²) >= 11 is 0. The van der Waals surface area contributed by atoms with Crippen LogP contribution in [-0.4, -0.2) is 94.9 Å². The van der Waals surface area contributed by atoms with E-state index in [2.05, 4.69) is 47.1 Å². The lowest BCUT2D eigenvalue weighted by molar-refractivity contribution is -0.131. The predicted molar refractivity (Wildman–Crippen MR) is 251 cm³/mol. The molecular weight excluding hydrogens is 837 g/mol. The van der Waals surface area contributed by atoms with E-state index < -0.39 is 5.97 Å². The van der Waals surface area contributed by atoms with Crippen molar-refractivity contribution in [3.8, 4) is 57.5 Å². The van der Waals surface area contributed by atoms with E-state index in [1.807, 2.05) is 37.4 Å². The summed E-state index contributed by atoms with van der Waals surface area (Å²) in [6.45, 7) is 1.44. The normalized spacial score (nSPS) is 12.6. The number of anilines is 1. The molecular formula is C50H58N2O13. The molecule has 5 aromatic rings. The van der Waals surface area contributed by atoms with Crippen LogP contribution >= 0.6 is 0 Å². The Morgan fingerprint density at radius 3 is 1.51 bits per heavy atom. The number of carbonyl (C=O) groups excluding carboxylic acids is 1. The fraction of sp³-hybridized carbons (Fsp3) is 0.280. The van der Waals surface area contributed by atoms with E-state index in [0.717, 1.165) is 47.9 Å². The lowest BCUT2D eigenvalue weighted by Crippen LogP contribution is -2.28. The number of hydrogen-bond acceptors (Lipinski definition) is 14. The van der Waals surface area contributed by atoms with Gasteiger partial charge in [-0.15, -0.1) is 0 Å². The van der Waals surface area contributed by atoms with E-state index in [9.17, 15) is 9.59 Å². The zero-order valence-corrected chi connectivity index (χ0v) is 38.4. The van der Waals surface area contributed by atoms with E-state index in [-0.39, 0.29) is 6.04 Å². The molecule has 3 N–H and O–H groups in total. The van der Waals surface area contributed by atoms with Gasteiger partial charge in [-0.2, -0.15) is 0 Å². The summed E-state index contributed by atoms with van der Waals surface area (Å²) in [5, 5.41) is 15.5. The van der Waals surface area contributed by atoms with Gasteiger partial charge < -0.3 is 63.1 Å². The molecule has 0 aliphatic carbocycles. The number of nitrogens with one attached hydrogen (secondary N) is 2. The molecule has 0 bridgehead atoms. The van der Waals surface area contributed by atoms with E-state index in [1.165, 1.54) is 59.9 Å². The fourth-order valence-electron chi connectivity index (χ4n) is 6.78. The Morgan fingerprint density at radius 1 is 0.631 bits per heavy atom. The van der Waals surface area contributed by atoms with Gasteiger partial charge in [-0.25, -0.2) is 4.79 Å². The van der Waals surface area contributed by atoms with E-state index in [1.54, 1.807) is 45.6 Å². The Hall–Kier alpha value is -7.52. The molecule has 1 aliphatic heterocycles. The number of ether oxygens (including phenoxy) is 10. The molecule has 346 valence electrons. The maximum atomic E-state index is 10.6. The Bertz CT molecular complexity index is 2320. The van der Waals surface area contributed by atoms with Crippen molar-refractivity contribution in [3.05, 3.63) is 124 Å². The molecule has 0 amide bonds. The van der Waals surface area contributed by atoms with Gasteiger partial charge in [-0.05, 0) is 88.8 Å². The Labute approximate surface area is 380 Å². The van der Waals surface area contributed by atoms with E-state index in [0.29, 0.717) is 69.5 Å². The van der Waals surface area contributed by atoms with Crippen molar-refractivity contribution < 1.29 is 62.1 Å². The van der Waals surface area contributed by atoms with Crippen molar-refractivity contribution >= 4 is 30.1 Å². The van der Waals surface area contributed by atoms with Crippen molar-refractivity contribution in [3.63, 3.8) is 0 Å². The first kappa shape index (κ1) is 50.1. The van der Waals surface area contributed by atoms with Gasteiger partial charge in [0.1, 0.15) is 18.6 Å². The summed E-state index contributed by atoms with van der Waals surface area (Å²) in [7, 11) is 15.8. The molecule has 0 radical (unpaired) electrons. The average molecular weight is 895 g/mol. The molecule has 0 spiro atoms. The second-order valence-electron chi connectivity index (χ2n) is 13.8. The van der Waals surface area contributed by atoms with Crippen LogP contribution in [0.1, 0.15) is 44.2 Å². The summed E-state index contributed by atoms with van der Waals surface area (Å²) in [6.07, 6.45) is 8.42. The van der Waals surface area contributed by atoms with Gasteiger partial charge in [0, 0.05) is 25.2 Å². The van der Waals surface area contributed by atoms with Crippen LogP contribution in [0.4, 0.5) is 5.69 Å². The smallest absolute Gasteiger partial charge is 0.328 e. The Balaban J connectivity index is 0.000000248. The van der Waals surface area contributed by atoms with E-state index in [4.69, 9.17) is 52.5 Å². The first-order chi connectivity index (χ1) is 31.5. The third-order valence-corrected chi connectivity index (χ3v) is 9.94. The summed E-state index contributed by atoms with van der Waals surface area (Å²) in [6, 6.07) is 25.1. The molecule has 15 nitrogen and oxygen atoms in total. The number of rotatable bonds is 18. The van der Waals surface area contributed by atoms with Gasteiger partial charge in [0.25, 0.3) is 0 Å². The quantitative estimate of drug-likeness (QED) is 0.0564. The molecule has 1 atom stereocenters. The molecule has 5 aromatic carbocycles. The second-order valence-corrected chi connectivity index (χ2v) is 13.8. The van der Waals surface area contributed by atoms with Gasteiger partial charge in [-0.3, -0.25) is 4.79 Å². The molecule has 0 aromatic heterocycles. The van der Waals surface area contributed by atoms with Crippen molar-refractivity contribution in [1.29, 1.82) is 0 Å². The van der Waals surface area contributed by atoms with Crippen LogP contribution in [0.15, 0.2) is 91.0 Å². The van der Waals surface area contributed by atoms with Crippen LogP contribution in [0, 0.1) is 0 Å². The number of hydrogen-bond donors (Lipinski definition) is 3. The summed E-state index contributed by atoms with van der Waals surface area (Å²) in [5.74, 6) is 4.61. The highest BCUT2D eigenvalue weighted by molar-refractivity contribution is 5.85. The summed E-state index contributed by atoms with van der Waals surface area (Å²) in [4.78, 5) is 21.0. The number of benzene rings is 5. The Morgan fingerprint density at radius 2 is 1.09 bits per heavy atom. The maximum absolute atomic E-state index is 10.6.